The second-order valence-corrected chi connectivity index (χ2v) is 12.5. The minimum atomic E-state index is -4.11. The molecular formula is C23H22N8O4S3. The van der Waals surface area contributed by atoms with E-state index in [1.165, 1.54) is 18.0 Å². The molecule has 0 saturated heterocycles. The molecule has 196 valence electrons. The van der Waals surface area contributed by atoms with Gasteiger partial charge < -0.3 is 5.32 Å². The molecule has 0 bridgehead atoms. The van der Waals surface area contributed by atoms with Crippen molar-refractivity contribution in [1.82, 2.24) is 30.6 Å². The number of benzene rings is 1. The van der Waals surface area contributed by atoms with Crippen molar-refractivity contribution < 1.29 is 18.0 Å². The first-order valence-corrected chi connectivity index (χ1v) is 14.9. The zero-order chi connectivity index (χ0) is 26.5. The number of carbonyl (C=O) groups excluding carboxylic acids is 2. The van der Waals surface area contributed by atoms with Crippen LogP contribution in [0.1, 0.15) is 41.9 Å². The number of carbonyl (C=O) groups is 2. The summed E-state index contributed by atoms with van der Waals surface area (Å²) in [7, 11) is -4.11. The first kappa shape index (κ1) is 25.9. The molecule has 15 heteroatoms. The SMILES string of the molecule is O=C(Nc1nc(CSc2ccccc2)c(S(=O)(=O)c2nnn[nH]2)s1)Nc1cccnc1C(=O)C1CCCC1. The molecule has 0 atom stereocenters. The van der Waals surface area contributed by atoms with Gasteiger partial charge in [-0.1, -0.05) is 47.5 Å². The van der Waals surface area contributed by atoms with E-state index in [1.54, 1.807) is 12.1 Å². The van der Waals surface area contributed by atoms with Gasteiger partial charge in [-0.05, 0) is 47.5 Å². The van der Waals surface area contributed by atoms with Crippen LogP contribution in [0, 0.1) is 5.92 Å². The third-order valence-electron chi connectivity index (χ3n) is 5.84. The highest BCUT2D eigenvalue weighted by molar-refractivity contribution is 7.98. The maximum absolute atomic E-state index is 13.2. The van der Waals surface area contributed by atoms with Gasteiger partial charge in [0.2, 0.25) is 0 Å². The monoisotopic (exact) mass is 570 g/mol. The van der Waals surface area contributed by atoms with E-state index in [4.69, 9.17) is 0 Å². The Labute approximate surface area is 226 Å². The molecule has 3 N–H and O–H groups in total. The molecule has 38 heavy (non-hydrogen) atoms. The Balaban J connectivity index is 1.37. The summed E-state index contributed by atoms with van der Waals surface area (Å²) >= 11 is 2.18. The van der Waals surface area contributed by atoms with E-state index in [9.17, 15) is 18.0 Å². The molecule has 1 aromatic carbocycles. The van der Waals surface area contributed by atoms with E-state index in [0.717, 1.165) is 41.9 Å². The zero-order valence-electron chi connectivity index (χ0n) is 19.8. The quantitative estimate of drug-likeness (QED) is 0.196. The van der Waals surface area contributed by atoms with Crippen molar-refractivity contribution in [2.24, 2.45) is 5.92 Å². The number of aromatic nitrogens is 6. The lowest BCUT2D eigenvalue weighted by Crippen LogP contribution is -2.22. The molecular weight excluding hydrogens is 549 g/mol. The first-order chi connectivity index (χ1) is 18.4. The van der Waals surface area contributed by atoms with Gasteiger partial charge in [-0.2, -0.15) is 0 Å². The number of hydrogen-bond donors (Lipinski definition) is 3. The van der Waals surface area contributed by atoms with Gasteiger partial charge in [-0.3, -0.25) is 15.1 Å². The fourth-order valence-corrected chi connectivity index (χ4v) is 7.62. The largest absolute Gasteiger partial charge is 0.325 e. The summed E-state index contributed by atoms with van der Waals surface area (Å²) in [6.07, 6.45) is 5.12. The average molecular weight is 571 g/mol. The number of thioether (sulfide) groups is 1. The van der Waals surface area contributed by atoms with Gasteiger partial charge >= 0.3 is 6.03 Å². The predicted octanol–water partition coefficient (Wildman–Crippen LogP) is 4.19. The van der Waals surface area contributed by atoms with E-state index < -0.39 is 21.0 Å². The number of Topliss-reactive ketones (excluding diaryl/α,β-unsaturated/α-hetero) is 1. The highest BCUT2D eigenvalue weighted by Gasteiger charge is 2.30. The molecule has 2 amide bonds. The van der Waals surface area contributed by atoms with Crippen LogP contribution in [0.2, 0.25) is 0 Å². The highest BCUT2D eigenvalue weighted by atomic mass is 32.2. The lowest BCUT2D eigenvalue weighted by atomic mass is 9.99. The van der Waals surface area contributed by atoms with Crippen LogP contribution in [-0.4, -0.2) is 50.8 Å². The molecule has 3 heterocycles. The Hall–Kier alpha value is -3.69. The summed E-state index contributed by atoms with van der Waals surface area (Å²) < 4.78 is 26.3. The number of anilines is 2. The van der Waals surface area contributed by atoms with Crippen LogP contribution in [0.15, 0.2) is 62.9 Å². The Kier molecular flexibility index (Phi) is 7.76. The summed E-state index contributed by atoms with van der Waals surface area (Å²) in [6, 6.07) is 12.0. The molecule has 12 nitrogen and oxygen atoms in total. The molecule has 1 fully saturated rings. The summed E-state index contributed by atoms with van der Waals surface area (Å²) in [4.78, 5) is 35.3. The van der Waals surface area contributed by atoms with E-state index in [-0.39, 0.29) is 43.9 Å². The molecule has 1 saturated carbocycles. The Morgan fingerprint density at radius 1 is 1.08 bits per heavy atom. The van der Waals surface area contributed by atoms with Gasteiger partial charge in [0, 0.05) is 22.8 Å². The topological polar surface area (TPSA) is 173 Å². The Morgan fingerprint density at radius 2 is 1.87 bits per heavy atom. The minimum absolute atomic E-state index is 0.0600. The number of nitrogens with one attached hydrogen (secondary N) is 3. The molecule has 0 radical (unpaired) electrons. The van der Waals surface area contributed by atoms with E-state index in [0.29, 0.717) is 0 Å². The van der Waals surface area contributed by atoms with Crippen LogP contribution in [0.25, 0.3) is 0 Å². The van der Waals surface area contributed by atoms with Crippen LogP contribution in [0.4, 0.5) is 15.6 Å². The Bertz CT molecular complexity index is 1540. The number of amides is 2. The van der Waals surface area contributed by atoms with Crippen molar-refractivity contribution >= 4 is 55.6 Å². The molecule has 4 aromatic rings. The normalized spacial score (nSPS) is 13.9. The van der Waals surface area contributed by atoms with Gasteiger partial charge in [0.15, 0.2) is 15.1 Å². The molecule has 3 aromatic heterocycles. The van der Waals surface area contributed by atoms with Crippen LogP contribution in [0.3, 0.4) is 0 Å². The van der Waals surface area contributed by atoms with E-state index in [2.05, 4.69) is 41.2 Å². The second-order valence-electron chi connectivity index (χ2n) is 8.39. The number of nitrogens with zero attached hydrogens (tertiary/aromatic N) is 5. The lowest BCUT2D eigenvalue weighted by Gasteiger charge is -2.12. The van der Waals surface area contributed by atoms with Crippen molar-refractivity contribution in [2.45, 2.75) is 45.7 Å². The van der Waals surface area contributed by atoms with Gasteiger partial charge in [0.1, 0.15) is 5.69 Å². The number of urea groups is 1. The van der Waals surface area contributed by atoms with Crippen molar-refractivity contribution in [3.8, 4) is 0 Å². The number of aromatic amines is 1. The maximum atomic E-state index is 13.2. The molecule has 0 aliphatic heterocycles. The van der Waals surface area contributed by atoms with Crippen molar-refractivity contribution in [2.75, 3.05) is 10.6 Å². The number of hydrogen-bond acceptors (Lipinski definition) is 11. The summed E-state index contributed by atoms with van der Waals surface area (Å²) in [6.45, 7) is 0. The fourth-order valence-electron chi connectivity index (χ4n) is 4.05. The van der Waals surface area contributed by atoms with Gasteiger partial charge in [0.25, 0.3) is 15.0 Å². The lowest BCUT2D eigenvalue weighted by molar-refractivity contribution is 0.0918. The van der Waals surface area contributed by atoms with Crippen LogP contribution >= 0.6 is 23.1 Å². The van der Waals surface area contributed by atoms with E-state index >= 15 is 0 Å². The standard InChI is InChI=1S/C23H22N8O4S3/c32-19(14-7-4-5-8-14)18-16(11-6-12-24-18)25-21(33)27-22-26-17(13-36-15-9-2-1-3-10-15)20(37-22)38(34,35)23-28-30-31-29-23/h1-3,6,9-12,14H,4-5,7-8,13H2,(H2,25,26,27,33)(H,28,29,30,31). The number of ketones is 1. The third-order valence-corrected chi connectivity index (χ3v) is 9.99. The molecule has 5 rings (SSSR count). The number of thiazole rings is 1. The average Bonchev–Trinajstić information content (AvgIpc) is 3.71. The Morgan fingerprint density at radius 3 is 2.61 bits per heavy atom. The van der Waals surface area contributed by atoms with Crippen LogP contribution < -0.4 is 10.6 Å². The van der Waals surface area contributed by atoms with Gasteiger partial charge in [-0.25, -0.2) is 23.3 Å². The number of tetrazole rings is 1. The van der Waals surface area contributed by atoms with E-state index in [1.807, 2.05) is 30.3 Å². The molecule has 1 aliphatic carbocycles. The second kappa shape index (κ2) is 11.4. The first-order valence-electron chi connectivity index (χ1n) is 11.7. The minimum Gasteiger partial charge on any atom is -0.305 e. The summed E-state index contributed by atoms with van der Waals surface area (Å²) in [5.74, 6) is 0.0279. The van der Waals surface area contributed by atoms with Crippen molar-refractivity contribution in [3.63, 3.8) is 0 Å². The number of H-pyrrole nitrogens is 1. The van der Waals surface area contributed by atoms with Crippen molar-refractivity contribution in [1.29, 1.82) is 0 Å². The molecule has 0 spiro atoms. The summed E-state index contributed by atoms with van der Waals surface area (Å²) in [5, 5.41) is 17.4. The van der Waals surface area contributed by atoms with Gasteiger partial charge in [-0.15, -0.1) is 11.8 Å². The van der Waals surface area contributed by atoms with Gasteiger partial charge in [0.05, 0.1) is 11.4 Å². The maximum Gasteiger partial charge on any atom is 0.325 e. The smallest absolute Gasteiger partial charge is 0.305 e. The molecule has 1 aliphatic rings. The third kappa shape index (κ3) is 5.74. The number of sulfone groups is 1. The van der Waals surface area contributed by atoms with Crippen molar-refractivity contribution in [3.05, 3.63) is 60.0 Å². The zero-order valence-corrected chi connectivity index (χ0v) is 22.3. The van der Waals surface area contributed by atoms with Crippen LogP contribution in [0.5, 0.6) is 0 Å². The number of pyridine rings is 1. The predicted molar refractivity (Wildman–Crippen MR) is 141 cm³/mol. The molecule has 0 unspecified atom stereocenters. The van der Waals surface area contributed by atoms with Crippen LogP contribution in [-0.2, 0) is 15.6 Å². The number of rotatable bonds is 9. The fraction of sp³-hybridized carbons (Fsp3) is 0.261. The summed E-state index contributed by atoms with van der Waals surface area (Å²) in [5.41, 5.74) is 0.725. The highest BCUT2D eigenvalue weighted by Crippen LogP contribution is 2.35.